The maximum absolute atomic E-state index is 12.5. The van der Waals surface area contributed by atoms with Gasteiger partial charge in [-0.3, -0.25) is 4.79 Å². The third-order valence-electron chi connectivity index (χ3n) is 3.87. The van der Waals surface area contributed by atoms with Gasteiger partial charge in [-0.1, -0.05) is 0 Å². The fraction of sp³-hybridized carbons (Fsp3) is 0.429. The minimum Gasteiger partial charge on any atom is -0.407 e. The Bertz CT molecular complexity index is 708. The van der Waals surface area contributed by atoms with Crippen molar-refractivity contribution in [3.63, 3.8) is 0 Å². The molecule has 1 aliphatic rings. The molecule has 1 aromatic heterocycles. The largest absolute Gasteiger partial charge is 0.426 e. The van der Waals surface area contributed by atoms with E-state index >= 15 is 0 Å². The molecule has 2 aromatic rings. The SMILES string of the molecule is Nc1ccc2oc(=O)n(C(=O)C3CCC(O)CC3)c2c1. The average molecular weight is 276 g/mol. The maximum atomic E-state index is 12.5. The van der Waals surface area contributed by atoms with Crippen LogP contribution in [0.1, 0.15) is 30.5 Å². The van der Waals surface area contributed by atoms with Crippen molar-refractivity contribution in [2.24, 2.45) is 5.92 Å². The first-order chi connectivity index (χ1) is 9.56. The zero-order valence-corrected chi connectivity index (χ0v) is 10.9. The Balaban J connectivity index is 2.01. The molecule has 1 saturated carbocycles. The van der Waals surface area contributed by atoms with E-state index in [9.17, 15) is 14.7 Å². The van der Waals surface area contributed by atoms with E-state index in [2.05, 4.69) is 0 Å². The molecule has 1 heterocycles. The fourth-order valence-electron chi connectivity index (χ4n) is 2.75. The first kappa shape index (κ1) is 12.9. The van der Waals surface area contributed by atoms with Crippen molar-refractivity contribution in [1.29, 1.82) is 0 Å². The number of hydrogen-bond acceptors (Lipinski definition) is 5. The van der Waals surface area contributed by atoms with Gasteiger partial charge >= 0.3 is 5.76 Å². The van der Waals surface area contributed by atoms with E-state index < -0.39 is 5.76 Å². The van der Waals surface area contributed by atoms with E-state index in [1.54, 1.807) is 18.2 Å². The van der Waals surface area contributed by atoms with Gasteiger partial charge in [-0.2, -0.15) is 0 Å². The highest BCUT2D eigenvalue weighted by molar-refractivity contribution is 5.91. The number of carbonyl (C=O) groups excluding carboxylic acids is 1. The lowest BCUT2D eigenvalue weighted by Crippen LogP contribution is -2.32. The average Bonchev–Trinajstić information content (AvgIpc) is 2.74. The Kier molecular flexibility index (Phi) is 3.10. The number of oxazole rings is 1. The van der Waals surface area contributed by atoms with Gasteiger partial charge in [-0.25, -0.2) is 9.36 Å². The first-order valence-corrected chi connectivity index (χ1v) is 6.69. The van der Waals surface area contributed by atoms with Gasteiger partial charge in [0.2, 0.25) is 5.91 Å². The van der Waals surface area contributed by atoms with Crippen molar-refractivity contribution in [2.75, 3.05) is 5.73 Å². The van der Waals surface area contributed by atoms with Gasteiger partial charge in [0.25, 0.3) is 0 Å². The summed E-state index contributed by atoms with van der Waals surface area (Å²) in [4.78, 5) is 24.4. The van der Waals surface area contributed by atoms with Crippen LogP contribution in [-0.4, -0.2) is 21.7 Å². The minimum atomic E-state index is -0.679. The molecular weight excluding hydrogens is 260 g/mol. The lowest BCUT2D eigenvalue weighted by Gasteiger charge is -2.23. The molecule has 0 bridgehead atoms. The van der Waals surface area contributed by atoms with Crippen molar-refractivity contribution < 1.29 is 14.3 Å². The van der Waals surface area contributed by atoms with Gasteiger partial charge < -0.3 is 15.3 Å². The molecule has 0 atom stereocenters. The van der Waals surface area contributed by atoms with E-state index in [1.807, 2.05) is 0 Å². The molecule has 0 spiro atoms. The van der Waals surface area contributed by atoms with Crippen LogP contribution < -0.4 is 11.5 Å². The van der Waals surface area contributed by atoms with Crippen molar-refractivity contribution in [3.05, 3.63) is 28.7 Å². The zero-order chi connectivity index (χ0) is 14.3. The number of benzene rings is 1. The van der Waals surface area contributed by atoms with Gasteiger partial charge in [-0.05, 0) is 43.9 Å². The number of aromatic nitrogens is 1. The van der Waals surface area contributed by atoms with Crippen LogP contribution >= 0.6 is 0 Å². The van der Waals surface area contributed by atoms with Gasteiger partial charge in [0.15, 0.2) is 5.58 Å². The maximum Gasteiger partial charge on any atom is 0.426 e. The molecule has 6 heteroatoms. The molecule has 20 heavy (non-hydrogen) atoms. The highest BCUT2D eigenvalue weighted by Gasteiger charge is 2.29. The fourth-order valence-corrected chi connectivity index (χ4v) is 2.75. The smallest absolute Gasteiger partial charge is 0.407 e. The van der Waals surface area contributed by atoms with Gasteiger partial charge in [0.1, 0.15) is 5.52 Å². The van der Waals surface area contributed by atoms with Crippen molar-refractivity contribution >= 4 is 22.7 Å². The zero-order valence-electron chi connectivity index (χ0n) is 10.9. The Hall–Kier alpha value is -2.08. The molecule has 0 amide bonds. The van der Waals surface area contributed by atoms with E-state index in [1.165, 1.54) is 0 Å². The van der Waals surface area contributed by atoms with Crippen LogP contribution in [0.5, 0.6) is 0 Å². The number of hydrogen-bond donors (Lipinski definition) is 2. The van der Waals surface area contributed by atoms with Crippen LogP contribution in [0, 0.1) is 5.92 Å². The van der Waals surface area contributed by atoms with Crippen LogP contribution in [0.2, 0.25) is 0 Å². The summed E-state index contributed by atoms with van der Waals surface area (Å²) in [5, 5.41) is 9.49. The number of carbonyl (C=O) groups is 1. The van der Waals surface area contributed by atoms with Gasteiger partial charge in [-0.15, -0.1) is 0 Å². The molecule has 3 N–H and O–H groups in total. The molecule has 1 aromatic carbocycles. The second kappa shape index (κ2) is 4.79. The van der Waals surface area contributed by atoms with Crippen LogP contribution in [0.4, 0.5) is 5.69 Å². The summed E-state index contributed by atoms with van der Waals surface area (Å²) in [5.74, 6) is -1.20. The summed E-state index contributed by atoms with van der Waals surface area (Å²) >= 11 is 0. The van der Waals surface area contributed by atoms with Crippen molar-refractivity contribution in [1.82, 2.24) is 4.57 Å². The lowest BCUT2D eigenvalue weighted by atomic mass is 9.87. The number of nitrogen functional groups attached to an aromatic ring is 1. The summed E-state index contributed by atoms with van der Waals surface area (Å²) in [5.41, 5.74) is 6.93. The number of nitrogens with two attached hydrogens (primary N) is 1. The predicted octanol–water partition coefficient (Wildman–Crippen LogP) is 1.37. The molecule has 0 aliphatic heterocycles. The third kappa shape index (κ3) is 2.12. The quantitative estimate of drug-likeness (QED) is 0.766. The molecule has 1 fully saturated rings. The van der Waals surface area contributed by atoms with E-state index in [0.29, 0.717) is 42.5 Å². The summed E-state index contributed by atoms with van der Waals surface area (Å²) in [7, 11) is 0. The van der Waals surface area contributed by atoms with E-state index in [0.717, 1.165) is 4.57 Å². The first-order valence-electron chi connectivity index (χ1n) is 6.69. The Morgan fingerprint density at radius 1 is 1.30 bits per heavy atom. The minimum absolute atomic E-state index is 0.252. The normalized spacial score (nSPS) is 23.1. The molecule has 3 rings (SSSR count). The summed E-state index contributed by atoms with van der Waals surface area (Å²) in [6.45, 7) is 0. The molecule has 1 aliphatic carbocycles. The highest BCUT2D eigenvalue weighted by Crippen LogP contribution is 2.27. The van der Waals surface area contributed by atoms with Crippen molar-refractivity contribution in [2.45, 2.75) is 31.8 Å². The predicted molar refractivity (Wildman–Crippen MR) is 73.5 cm³/mol. The van der Waals surface area contributed by atoms with Crippen LogP contribution in [-0.2, 0) is 0 Å². The Labute approximate surface area is 114 Å². The number of anilines is 1. The lowest BCUT2D eigenvalue weighted by molar-refractivity contribution is 0.0684. The molecule has 0 saturated heterocycles. The summed E-state index contributed by atoms with van der Waals surface area (Å²) < 4.78 is 6.13. The van der Waals surface area contributed by atoms with Gasteiger partial charge in [0.05, 0.1) is 6.10 Å². The number of nitrogens with zero attached hydrogens (tertiary/aromatic N) is 1. The highest BCUT2D eigenvalue weighted by atomic mass is 16.4. The second-order valence-corrected chi connectivity index (χ2v) is 5.27. The number of aliphatic hydroxyl groups is 1. The molecule has 106 valence electrons. The molecule has 0 unspecified atom stereocenters. The monoisotopic (exact) mass is 276 g/mol. The number of rotatable bonds is 1. The molecule has 0 radical (unpaired) electrons. The van der Waals surface area contributed by atoms with Crippen LogP contribution in [0.25, 0.3) is 11.1 Å². The van der Waals surface area contributed by atoms with E-state index in [-0.39, 0.29) is 17.9 Å². The number of aliphatic hydroxyl groups excluding tert-OH is 1. The Morgan fingerprint density at radius 3 is 2.70 bits per heavy atom. The number of fused-ring (bicyclic) bond motifs is 1. The van der Waals surface area contributed by atoms with Gasteiger partial charge in [0, 0.05) is 11.6 Å². The summed E-state index contributed by atoms with van der Waals surface area (Å²) in [6, 6.07) is 4.77. The summed E-state index contributed by atoms with van der Waals surface area (Å²) in [6.07, 6.45) is 2.00. The van der Waals surface area contributed by atoms with Crippen molar-refractivity contribution in [3.8, 4) is 0 Å². The topological polar surface area (TPSA) is 98.5 Å². The molecule has 6 nitrogen and oxygen atoms in total. The van der Waals surface area contributed by atoms with Crippen LogP contribution in [0.3, 0.4) is 0 Å². The van der Waals surface area contributed by atoms with Crippen LogP contribution in [0.15, 0.2) is 27.4 Å². The Morgan fingerprint density at radius 2 is 2.00 bits per heavy atom. The third-order valence-corrected chi connectivity index (χ3v) is 3.87. The standard InChI is InChI=1S/C14H16N2O4/c15-9-3-6-12-11(7-9)16(14(19)20-12)13(18)8-1-4-10(17)5-2-8/h3,6-8,10,17H,1-2,4-5,15H2. The van der Waals surface area contributed by atoms with E-state index in [4.69, 9.17) is 10.2 Å². The second-order valence-electron chi connectivity index (χ2n) is 5.27. The molecular formula is C14H16N2O4.